The van der Waals surface area contributed by atoms with Gasteiger partial charge in [-0.25, -0.2) is 0 Å². The number of benzene rings is 1. The predicted molar refractivity (Wildman–Crippen MR) is 59.3 cm³/mol. The van der Waals surface area contributed by atoms with Gasteiger partial charge >= 0.3 is 0 Å². The van der Waals surface area contributed by atoms with Crippen molar-refractivity contribution >= 4 is 44.8 Å². The Balaban J connectivity index is 3.04. The number of isothiocyanates is 1. The van der Waals surface area contributed by atoms with E-state index in [0.29, 0.717) is 16.6 Å². The van der Waals surface area contributed by atoms with Gasteiger partial charge in [-0.1, -0.05) is 28.1 Å². The SMILES string of the molecule is O=C(CBr)c1cccc(N=C=S)c1. The van der Waals surface area contributed by atoms with Gasteiger partial charge in [0.2, 0.25) is 0 Å². The lowest BCUT2D eigenvalue weighted by atomic mass is 10.1. The highest BCUT2D eigenvalue weighted by molar-refractivity contribution is 9.09. The first kappa shape index (κ1) is 10.3. The molecule has 66 valence electrons. The number of rotatable bonds is 3. The molecule has 0 saturated heterocycles. The van der Waals surface area contributed by atoms with Crippen molar-refractivity contribution in [1.82, 2.24) is 0 Å². The zero-order valence-corrected chi connectivity index (χ0v) is 9.06. The molecule has 0 N–H and O–H groups in total. The zero-order valence-electron chi connectivity index (χ0n) is 6.66. The van der Waals surface area contributed by atoms with Gasteiger partial charge in [0.15, 0.2) is 5.78 Å². The molecule has 0 aliphatic heterocycles. The van der Waals surface area contributed by atoms with Crippen molar-refractivity contribution in [2.45, 2.75) is 0 Å². The summed E-state index contributed by atoms with van der Waals surface area (Å²) in [6.07, 6.45) is 0. The number of halogens is 1. The third-order valence-corrected chi connectivity index (χ3v) is 2.06. The van der Waals surface area contributed by atoms with Gasteiger partial charge in [-0.15, -0.1) is 0 Å². The Morgan fingerprint density at radius 1 is 1.62 bits per heavy atom. The highest BCUT2D eigenvalue weighted by Gasteiger charge is 2.03. The second kappa shape index (κ2) is 5.02. The van der Waals surface area contributed by atoms with Crippen LogP contribution < -0.4 is 0 Å². The van der Waals surface area contributed by atoms with Crippen molar-refractivity contribution in [1.29, 1.82) is 0 Å². The number of Topliss-reactive ketones (excluding diaryl/α,β-unsaturated/α-hetero) is 1. The molecular weight excluding hydrogens is 250 g/mol. The van der Waals surface area contributed by atoms with E-state index in [1.165, 1.54) is 0 Å². The number of alkyl halides is 1. The fourth-order valence-corrected chi connectivity index (χ4v) is 1.31. The molecule has 0 unspecified atom stereocenters. The largest absolute Gasteiger partial charge is 0.293 e. The summed E-state index contributed by atoms with van der Waals surface area (Å²) in [6, 6.07) is 6.96. The lowest BCUT2D eigenvalue weighted by Crippen LogP contribution is -1.98. The Morgan fingerprint density at radius 2 is 2.38 bits per heavy atom. The third-order valence-electron chi connectivity index (χ3n) is 1.46. The van der Waals surface area contributed by atoms with Crippen LogP contribution in [0.25, 0.3) is 0 Å². The summed E-state index contributed by atoms with van der Waals surface area (Å²) in [7, 11) is 0. The molecule has 1 aromatic rings. The first-order chi connectivity index (χ1) is 6.27. The van der Waals surface area contributed by atoms with Gasteiger partial charge in [0.25, 0.3) is 0 Å². The Labute approximate surface area is 89.8 Å². The number of ketones is 1. The van der Waals surface area contributed by atoms with Crippen molar-refractivity contribution in [2.75, 3.05) is 5.33 Å². The Kier molecular flexibility index (Phi) is 3.96. The van der Waals surface area contributed by atoms with Crippen LogP contribution in [0.2, 0.25) is 0 Å². The van der Waals surface area contributed by atoms with E-state index in [4.69, 9.17) is 0 Å². The van der Waals surface area contributed by atoms with Crippen molar-refractivity contribution in [3.05, 3.63) is 29.8 Å². The van der Waals surface area contributed by atoms with Gasteiger partial charge in [-0.05, 0) is 24.4 Å². The van der Waals surface area contributed by atoms with Crippen LogP contribution in [-0.2, 0) is 0 Å². The molecule has 0 radical (unpaired) electrons. The molecule has 0 amide bonds. The zero-order chi connectivity index (χ0) is 9.68. The molecule has 0 bridgehead atoms. The van der Waals surface area contributed by atoms with E-state index in [9.17, 15) is 4.79 Å². The number of aliphatic imine (C=N–C) groups is 1. The van der Waals surface area contributed by atoms with Crippen LogP contribution in [0, 0.1) is 0 Å². The van der Waals surface area contributed by atoms with Crippen LogP contribution in [0.15, 0.2) is 29.3 Å². The normalized spacial score (nSPS) is 9.00. The predicted octanol–water partition coefficient (Wildman–Crippen LogP) is 3.00. The van der Waals surface area contributed by atoms with Gasteiger partial charge in [0.1, 0.15) is 0 Å². The van der Waals surface area contributed by atoms with E-state index in [1.807, 2.05) is 0 Å². The minimum absolute atomic E-state index is 0.0291. The molecule has 0 aliphatic carbocycles. The fourth-order valence-electron chi connectivity index (χ4n) is 0.879. The molecule has 0 aromatic heterocycles. The standard InChI is InChI=1S/C9H6BrNOS/c10-5-9(12)7-2-1-3-8(4-7)11-6-13/h1-4H,5H2. The molecule has 13 heavy (non-hydrogen) atoms. The Morgan fingerprint density at radius 3 is 3.00 bits per heavy atom. The van der Waals surface area contributed by atoms with E-state index < -0.39 is 0 Å². The minimum Gasteiger partial charge on any atom is -0.293 e. The summed E-state index contributed by atoms with van der Waals surface area (Å²) in [4.78, 5) is 15.0. The van der Waals surface area contributed by atoms with Crippen LogP contribution in [0.3, 0.4) is 0 Å². The number of nitrogens with zero attached hydrogens (tertiary/aromatic N) is 1. The maximum Gasteiger partial charge on any atom is 0.173 e. The summed E-state index contributed by atoms with van der Waals surface area (Å²) >= 11 is 7.56. The number of thiocarbonyl (C=S) groups is 1. The van der Waals surface area contributed by atoms with Crippen LogP contribution in [0.5, 0.6) is 0 Å². The highest BCUT2D eigenvalue weighted by atomic mass is 79.9. The lowest BCUT2D eigenvalue weighted by Gasteiger charge is -1.96. The topological polar surface area (TPSA) is 29.4 Å². The molecule has 0 saturated carbocycles. The molecule has 0 atom stereocenters. The molecule has 0 heterocycles. The second-order valence-electron chi connectivity index (χ2n) is 2.31. The second-order valence-corrected chi connectivity index (χ2v) is 3.05. The van der Waals surface area contributed by atoms with E-state index in [1.54, 1.807) is 24.3 Å². The van der Waals surface area contributed by atoms with E-state index in [0.717, 1.165) is 0 Å². The smallest absolute Gasteiger partial charge is 0.173 e. The van der Waals surface area contributed by atoms with Gasteiger partial charge in [0.05, 0.1) is 16.2 Å². The van der Waals surface area contributed by atoms with E-state index in [2.05, 4.69) is 38.3 Å². The average molecular weight is 256 g/mol. The average Bonchev–Trinajstić information content (AvgIpc) is 2.18. The molecule has 0 spiro atoms. The quantitative estimate of drug-likeness (QED) is 0.360. The van der Waals surface area contributed by atoms with Gasteiger partial charge in [0, 0.05) is 5.56 Å². The third kappa shape index (κ3) is 2.84. The molecule has 4 heteroatoms. The monoisotopic (exact) mass is 255 g/mol. The van der Waals surface area contributed by atoms with Crippen molar-refractivity contribution in [2.24, 2.45) is 4.99 Å². The molecule has 2 nitrogen and oxygen atoms in total. The van der Waals surface area contributed by atoms with Gasteiger partial charge in [-0.3, -0.25) is 4.79 Å². The summed E-state index contributed by atoms with van der Waals surface area (Å²) in [5.74, 6) is 0.0291. The van der Waals surface area contributed by atoms with Crippen LogP contribution in [0.1, 0.15) is 10.4 Å². The van der Waals surface area contributed by atoms with Gasteiger partial charge in [-0.2, -0.15) is 4.99 Å². The summed E-state index contributed by atoms with van der Waals surface area (Å²) < 4.78 is 0. The number of hydrogen-bond acceptors (Lipinski definition) is 3. The summed E-state index contributed by atoms with van der Waals surface area (Å²) in [5, 5.41) is 2.57. The van der Waals surface area contributed by atoms with Gasteiger partial charge < -0.3 is 0 Å². The van der Waals surface area contributed by atoms with Crippen molar-refractivity contribution < 1.29 is 4.79 Å². The maximum atomic E-state index is 11.2. The maximum absolute atomic E-state index is 11.2. The number of carbonyl (C=O) groups is 1. The van der Waals surface area contributed by atoms with Crippen molar-refractivity contribution in [3.8, 4) is 0 Å². The Hall–Kier alpha value is -0.830. The summed E-state index contributed by atoms with van der Waals surface area (Å²) in [6.45, 7) is 0. The molecular formula is C9H6BrNOS. The number of carbonyl (C=O) groups excluding carboxylic acids is 1. The lowest BCUT2D eigenvalue weighted by molar-refractivity contribution is 0.102. The first-order valence-corrected chi connectivity index (χ1v) is 5.08. The van der Waals surface area contributed by atoms with Crippen LogP contribution >= 0.6 is 28.1 Å². The highest BCUT2D eigenvalue weighted by Crippen LogP contribution is 2.14. The molecule has 1 aromatic carbocycles. The van der Waals surface area contributed by atoms with Crippen LogP contribution in [0.4, 0.5) is 5.69 Å². The first-order valence-electron chi connectivity index (χ1n) is 3.55. The van der Waals surface area contributed by atoms with Crippen LogP contribution in [-0.4, -0.2) is 16.3 Å². The molecule has 0 fully saturated rings. The minimum atomic E-state index is 0.0291. The molecule has 0 aliphatic rings. The van der Waals surface area contributed by atoms with E-state index in [-0.39, 0.29) is 5.78 Å². The Bertz CT molecular complexity index is 372. The fraction of sp³-hybridized carbons (Fsp3) is 0.111. The van der Waals surface area contributed by atoms with E-state index >= 15 is 0 Å². The number of hydrogen-bond donors (Lipinski definition) is 0. The molecule has 1 rings (SSSR count). The summed E-state index contributed by atoms with van der Waals surface area (Å²) in [5.41, 5.74) is 1.28. The van der Waals surface area contributed by atoms with Crippen molar-refractivity contribution in [3.63, 3.8) is 0 Å².